The van der Waals surface area contributed by atoms with Crippen LogP contribution in [0.25, 0.3) is 0 Å². The van der Waals surface area contributed by atoms with Crippen molar-refractivity contribution in [3.63, 3.8) is 0 Å². The molecule has 2 aliphatic heterocycles. The molecule has 6 nitrogen and oxygen atoms in total. The second kappa shape index (κ2) is 4.94. The number of aromatic nitrogens is 1. The van der Waals surface area contributed by atoms with Gasteiger partial charge in [0.25, 0.3) is 5.91 Å². The Morgan fingerprint density at radius 1 is 1.09 bits per heavy atom. The zero-order chi connectivity index (χ0) is 16.1. The van der Waals surface area contributed by atoms with Gasteiger partial charge in [-0.2, -0.15) is 0 Å². The lowest BCUT2D eigenvalue weighted by Gasteiger charge is -2.23. The summed E-state index contributed by atoms with van der Waals surface area (Å²) < 4.78 is 5.12. The predicted molar refractivity (Wildman–Crippen MR) is 82.9 cm³/mol. The van der Waals surface area contributed by atoms with Crippen molar-refractivity contribution in [3.05, 3.63) is 47.3 Å². The second-order valence-electron chi connectivity index (χ2n) is 6.06. The van der Waals surface area contributed by atoms with Crippen LogP contribution in [0.1, 0.15) is 35.9 Å². The number of benzene rings is 1. The Balaban J connectivity index is 1.74. The van der Waals surface area contributed by atoms with Crippen LogP contribution in [0.2, 0.25) is 0 Å². The van der Waals surface area contributed by atoms with Gasteiger partial charge in [-0.1, -0.05) is 35.5 Å². The third-order valence-electron chi connectivity index (χ3n) is 4.71. The number of imide groups is 1. The maximum Gasteiger partial charge on any atom is 0.332 e. The van der Waals surface area contributed by atoms with Gasteiger partial charge in [0.05, 0.1) is 6.04 Å². The summed E-state index contributed by atoms with van der Waals surface area (Å²) in [6, 6.07) is 9.15. The molecule has 3 heterocycles. The number of carbonyl (C=O) groups excluding carboxylic acids is 2. The molecular formula is C17H17N3O3. The highest BCUT2D eigenvalue weighted by Crippen LogP contribution is 2.43. The molecule has 0 bridgehead atoms. The molecule has 4 rings (SSSR count). The SMILES string of the molecule is Cc1noc(C)c1N1C(=O)[C@@H]2CC[C@@H](c3ccccc3)N2C1=O. The van der Waals surface area contributed by atoms with E-state index >= 15 is 0 Å². The maximum absolute atomic E-state index is 12.9. The number of amides is 3. The number of nitrogens with zero attached hydrogens (tertiary/aromatic N) is 3. The van der Waals surface area contributed by atoms with Crippen LogP contribution in [0.3, 0.4) is 0 Å². The molecule has 2 saturated heterocycles. The minimum atomic E-state index is -0.388. The van der Waals surface area contributed by atoms with E-state index in [2.05, 4.69) is 5.16 Å². The number of hydrogen-bond donors (Lipinski definition) is 0. The van der Waals surface area contributed by atoms with E-state index in [1.165, 1.54) is 4.90 Å². The summed E-state index contributed by atoms with van der Waals surface area (Å²) in [6.07, 6.45) is 1.49. The number of hydrogen-bond acceptors (Lipinski definition) is 4. The molecule has 0 radical (unpaired) electrons. The largest absolute Gasteiger partial charge is 0.359 e. The summed E-state index contributed by atoms with van der Waals surface area (Å²) in [4.78, 5) is 28.7. The summed E-state index contributed by atoms with van der Waals surface area (Å²) in [5, 5.41) is 3.86. The van der Waals surface area contributed by atoms with Gasteiger partial charge in [0.15, 0.2) is 5.76 Å². The molecule has 0 spiro atoms. The molecule has 2 aliphatic rings. The zero-order valence-corrected chi connectivity index (χ0v) is 13.0. The van der Waals surface area contributed by atoms with Crippen LogP contribution in [-0.4, -0.2) is 28.0 Å². The van der Waals surface area contributed by atoms with Gasteiger partial charge in [-0.3, -0.25) is 4.79 Å². The Bertz CT molecular complexity index is 764. The van der Waals surface area contributed by atoms with E-state index in [4.69, 9.17) is 4.52 Å². The fourth-order valence-electron chi connectivity index (χ4n) is 3.68. The molecule has 2 fully saturated rings. The predicted octanol–water partition coefficient (Wildman–Crippen LogP) is 2.96. The lowest BCUT2D eigenvalue weighted by Crippen LogP contribution is -2.34. The number of anilines is 1. The van der Waals surface area contributed by atoms with Crippen molar-refractivity contribution in [1.82, 2.24) is 10.1 Å². The van der Waals surface area contributed by atoms with Gasteiger partial charge < -0.3 is 9.42 Å². The molecule has 2 aromatic rings. The molecule has 1 aromatic carbocycles. The maximum atomic E-state index is 12.9. The lowest BCUT2D eigenvalue weighted by atomic mass is 10.0. The Morgan fingerprint density at radius 3 is 2.43 bits per heavy atom. The van der Waals surface area contributed by atoms with Crippen LogP contribution in [0, 0.1) is 13.8 Å². The fraction of sp³-hybridized carbons (Fsp3) is 0.353. The van der Waals surface area contributed by atoms with Gasteiger partial charge in [-0.25, -0.2) is 9.69 Å². The van der Waals surface area contributed by atoms with E-state index in [0.717, 1.165) is 12.0 Å². The van der Waals surface area contributed by atoms with E-state index in [1.807, 2.05) is 30.3 Å². The lowest BCUT2D eigenvalue weighted by molar-refractivity contribution is -0.119. The van der Waals surface area contributed by atoms with E-state index < -0.39 is 0 Å². The molecular weight excluding hydrogens is 294 g/mol. The molecule has 118 valence electrons. The van der Waals surface area contributed by atoms with Crippen molar-refractivity contribution in [1.29, 1.82) is 0 Å². The topological polar surface area (TPSA) is 66.7 Å². The monoisotopic (exact) mass is 311 g/mol. The molecule has 23 heavy (non-hydrogen) atoms. The van der Waals surface area contributed by atoms with Crippen LogP contribution in [0.15, 0.2) is 34.9 Å². The van der Waals surface area contributed by atoms with Crippen LogP contribution in [0.5, 0.6) is 0 Å². The first-order valence-corrected chi connectivity index (χ1v) is 7.73. The number of rotatable bonds is 2. The summed E-state index contributed by atoms with van der Waals surface area (Å²) in [6.45, 7) is 3.46. The molecule has 3 amide bonds. The first kappa shape index (κ1) is 14.0. The summed E-state index contributed by atoms with van der Waals surface area (Å²) in [5.41, 5.74) is 2.11. The fourth-order valence-corrected chi connectivity index (χ4v) is 3.68. The smallest absolute Gasteiger partial charge is 0.332 e. The van der Waals surface area contributed by atoms with Crippen LogP contribution >= 0.6 is 0 Å². The van der Waals surface area contributed by atoms with Crippen molar-refractivity contribution in [2.45, 2.75) is 38.8 Å². The molecule has 0 N–H and O–H groups in total. The summed E-state index contributed by atoms with van der Waals surface area (Å²) >= 11 is 0. The van der Waals surface area contributed by atoms with Crippen molar-refractivity contribution in [2.24, 2.45) is 0 Å². The third kappa shape index (κ3) is 1.91. The standard InChI is InChI=1S/C17H17N3O3/c1-10-15(11(2)23-18-10)20-16(21)14-9-8-13(19(14)17(20)22)12-6-4-3-5-7-12/h3-7,13-14H,8-9H2,1-2H3/t13-,14-/m0/s1. The summed E-state index contributed by atoms with van der Waals surface area (Å²) in [5.74, 6) is 0.310. The second-order valence-corrected chi connectivity index (χ2v) is 6.06. The molecule has 0 saturated carbocycles. The van der Waals surface area contributed by atoms with Crippen LogP contribution < -0.4 is 4.90 Å². The van der Waals surface area contributed by atoms with Gasteiger partial charge in [0.2, 0.25) is 0 Å². The van der Waals surface area contributed by atoms with E-state index in [-0.39, 0.29) is 24.0 Å². The van der Waals surface area contributed by atoms with Gasteiger partial charge >= 0.3 is 6.03 Å². The Labute approximate surface area is 133 Å². The first-order chi connectivity index (χ1) is 11.1. The minimum absolute atomic E-state index is 0.0527. The minimum Gasteiger partial charge on any atom is -0.359 e. The summed E-state index contributed by atoms with van der Waals surface area (Å²) in [7, 11) is 0. The third-order valence-corrected chi connectivity index (χ3v) is 4.71. The van der Waals surface area contributed by atoms with Crippen LogP contribution in [0.4, 0.5) is 10.5 Å². The number of urea groups is 1. The normalized spacial score (nSPS) is 23.7. The van der Waals surface area contributed by atoms with Crippen molar-refractivity contribution < 1.29 is 14.1 Å². The quantitative estimate of drug-likeness (QED) is 0.800. The van der Waals surface area contributed by atoms with E-state index in [0.29, 0.717) is 23.6 Å². The molecule has 6 heteroatoms. The average molecular weight is 311 g/mol. The van der Waals surface area contributed by atoms with Crippen LogP contribution in [-0.2, 0) is 4.79 Å². The molecule has 2 atom stereocenters. The van der Waals surface area contributed by atoms with Crippen molar-refractivity contribution in [2.75, 3.05) is 4.90 Å². The highest BCUT2D eigenvalue weighted by atomic mass is 16.5. The number of aryl methyl sites for hydroxylation is 2. The van der Waals surface area contributed by atoms with Gasteiger partial charge in [-0.05, 0) is 32.3 Å². The number of fused-ring (bicyclic) bond motifs is 1. The highest BCUT2D eigenvalue weighted by Gasteiger charge is 2.53. The zero-order valence-electron chi connectivity index (χ0n) is 13.0. The first-order valence-electron chi connectivity index (χ1n) is 7.73. The Morgan fingerprint density at radius 2 is 1.78 bits per heavy atom. The van der Waals surface area contributed by atoms with E-state index in [1.54, 1.807) is 18.7 Å². The van der Waals surface area contributed by atoms with Gasteiger partial charge in [0.1, 0.15) is 17.4 Å². The average Bonchev–Trinajstić information content (AvgIpc) is 3.19. The Kier molecular flexibility index (Phi) is 3.01. The van der Waals surface area contributed by atoms with Gasteiger partial charge in [-0.15, -0.1) is 0 Å². The van der Waals surface area contributed by atoms with Gasteiger partial charge in [0, 0.05) is 0 Å². The molecule has 0 aliphatic carbocycles. The van der Waals surface area contributed by atoms with Crippen molar-refractivity contribution in [3.8, 4) is 0 Å². The van der Waals surface area contributed by atoms with Crippen molar-refractivity contribution >= 4 is 17.6 Å². The van der Waals surface area contributed by atoms with E-state index in [9.17, 15) is 9.59 Å². The highest BCUT2D eigenvalue weighted by molar-refractivity contribution is 6.22. The molecule has 0 unspecified atom stereocenters. The number of carbonyl (C=O) groups is 2. The molecule has 1 aromatic heterocycles. The Hall–Kier alpha value is -2.63.